The first-order chi connectivity index (χ1) is 22.5. The van der Waals surface area contributed by atoms with E-state index in [1.807, 2.05) is 13.8 Å². The SMILES string of the molecule is CNc1ncc2cc(-c3c(Cl)c(OC)cc(OC)c3Cl)c(=O)n(CCOC3CN(C(=O)C(C#N)=CC(C)(C)N4CCOCC4)C3)c2n1. The van der Waals surface area contributed by atoms with E-state index in [0.29, 0.717) is 54.8 Å². The van der Waals surface area contributed by atoms with Crippen LogP contribution in [0.15, 0.2) is 34.8 Å². The number of methoxy groups -OCH3 is 2. The van der Waals surface area contributed by atoms with Gasteiger partial charge in [-0.05, 0) is 26.0 Å². The fraction of sp³-hybridized carbons (Fsp3) is 0.469. The zero-order valence-electron chi connectivity index (χ0n) is 26.9. The summed E-state index contributed by atoms with van der Waals surface area (Å²) in [6, 6.07) is 5.27. The number of likely N-dealkylation sites (tertiary alicyclic amines) is 1. The molecular weight excluding hydrogens is 649 g/mol. The molecule has 0 saturated carbocycles. The van der Waals surface area contributed by atoms with Crippen molar-refractivity contribution >= 4 is 46.1 Å². The number of morpholine rings is 1. The molecule has 1 aromatic carbocycles. The molecule has 0 atom stereocenters. The van der Waals surface area contributed by atoms with Gasteiger partial charge in [0.15, 0.2) is 0 Å². The molecule has 15 heteroatoms. The van der Waals surface area contributed by atoms with Crippen LogP contribution in [-0.4, -0.2) is 109 Å². The molecule has 3 aromatic rings. The Morgan fingerprint density at radius 3 is 2.43 bits per heavy atom. The molecule has 0 spiro atoms. The van der Waals surface area contributed by atoms with Gasteiger partial charge in [0.2, 0.25) is 5.95 Å². The summed E-state index contributed by atoms with van der Waals surface area (Å²) in [6.45, 7) is 7.61. The Balaban J connectivity index is 1.34. The molecule has 13 nitrogen and oxygen atoms in total. The molecule has 4 heterocycles. The van der Waals surface area contributed by atoms with Gasteiger partial charge in [-0.1, -0.05) is 23.2 Å². The Morgan fingerprint density at radius 2 is 1.83 bits per heavy atom. The second kappa shape index (κ2) is 14.5. The van der Waals surface area contributed by atoms with Crippen molar-refractivity contribution in [2.45, 2.75) is 32.0 Å². The first kappa shape index (κ1) is 34.4. The molecule has 0 unspecified atom stereocenters. The summed E-state index contributed by atoms with van der Waals surface area (Å²) in [7, 11) is 4.60. The highest BCUT2D eigenvalue weighted by molar-refractivity contribution is 6.41. The smallest absolute Gasteiger partial charge is 0.264 e. The number of aromatic nitrogens is 3. The normalized spacial score (nSPS) is 16.1. The largest absolute Gasteiger partial charge is 0.495 e. The average molecular weight is 687 g/mol. The summed E-state index contributed by atoms with van der Waals surface area (Å²) < 4.78 is 23.8. The van der Waals surface area contributed by atoms with Gasteiger partial charge in [-0.25, -0.2) is 4.98 Å². The Hall–Kier alpha value is -3.93. The van der Waals surface area contributed by atoms with Crippen LogP contribution in [0.2, 0.25) is 10.0 Å². The van der Waals surface area contributed by atoms with Crippen LogP contribution in [0.3, 0.4) is 0 Å². The van der Waals surface area contributed by atoms with Crippen molar-refractivity contribution in [2.24, 2.45) is 0 Å². The van der Waals surface area contributed by atoms with Crippen LogP contribution in [0.4, 0.5) is 5.95 Å². The van der Waals surface area contributed by atoms with Gasteiger partial charge >= 0.3 is 0 Å². The Morgan fingerprint density at radius 1 is 1.17 bits per heavy atom. The lowest BCUT2D eigenvalue weighted by Gasteiger charge is -2.40. The number of anilines is 1. The summed E-state index contributed by atoms with van der Waals surface area (Å²) in [6.07, 6.45) is 3.08. The number of carbonyl (C=O) groups excluding carboxylic acids is 1. The maximum absolute atomic E-state index is 14.1. The van der Waals surface area contributed by atoms with Crippen LogP contribution in [-0.2, 0) is 20.8 Å². The third-order valence-electron chi connectivity index (χ3n) is 8.37. The van der Waals surface area contributed by atoms with E-state index in [2.05, 4.69) is 26.3 Å². The van der Waals surface area contributed by atoms with Gasteiger partial charge in [-0.2, -0.15) is 10.2 Å². The zero-order valence-corrected chi connectivity index (χ0v) is 28.4. The van der Waals surface area contributed by atoms with E-state index in [1.54, 1.807) is 36.4 Å². The molecular formula is C32H37Cl2N7O6. The van der Waals surface area contributed by atoms with E-state index < -0.39 is 11.1 Å². The minimum absolute atomic E-state index is 0.0984. The number of fused-ring (bicyclic) bond motifs is 1. The fourth-order valence-corrected chi connectivity index (χ4v) is 6.41. The van der Waals surface area contributed by atoms with E-state index in [0.717, 1.165) is 13.1 Å². The van der Waals surface area contributed by atoms with E-state index in [9.17, 15) is 14.9 Å². The Labute approximate surface area is 282 Å². The van der Waals surface area contributed by atoms with Gasteiger partial charge in [0.05, 0.1) is 62.3 Å². The van der Waals surface area contributed by atoms with Crippen molar-refractivity contribution in [3.05, 3.63) is 50.4 Å². The summed E-state index contributed by atoms with van der Waals surface area (Å²) in [5.41, 5.74) is 0.0777. The lowest BCUT2D eigenvalue weighted by molar-refractivity contribution is -0.140. The molecule has 2 fully saturated rings. The standard InChI is InChI=1S/C32H37Cl2N7O6/c1-32(2,40-6-9-46-10-7-40)14-20(15-35)29(42)39-17-21(18-39)47-11-8-41-28-19(16-37-31(36-3)38-28)12-22(30(41)43)25-26(33)23(44-4)13-24(45-5)27(25)34/h12-14,16,21H,6-11,17-18H2,1-5H3,(H,36,37,38). The Kier molecular flexibility index (Phi) is 10.6. The predicted octanol–water partition coefficient (Wildman–Crippen LogP) is 3.61. The molecule has 2 aliphatic rings. The van der Waals surface area contributed by atoms with Gasteiger partial charge in [0, 0.05) is 62.0 Å². The maximum Gasteiger partial charge on any atom is 0.264 e. The fourth-order valence-electron chi connectivity index (χ4n) is 5.70. The van der Waals surface area contributed by atoms with Crippen molar-refractivity contribution in [1.82, 2.24) is 24.3 Å². The van der Waals surface area contributed by atoms with Crippen molar-refractivity contribution < 1.29 is 23.7 Å². The third kappa shape index (κ3) is 7.02. The molecule has 47 heavy (non-hydrogen) atoms. The monoisotopic (exact) mass is 685 g/mol. The number of hydrogen-bond donors (Lipinski definition) is 1. The summed E-state index contributed by atoms with van der Waals surface area (Å²) >= 11 is 13.4. The van der Waals surface area contributed by atoms with Crippen molar-refractivity contribution in [1.29, 1.82) is 5.26 Å². The van der Waals surface area contributed by atoms with E-state index in [1.165, 1.54) is 18.8 Å². The van der Waals surface area contributed by atoms with Crippen LogP contribution in [0.1, 0.15) is 13.8 Å². The van der Waals surface area contributed by atoms with Gasteiger partial charge in [0.1, 0.15) is 28.8 Å². The van der Waals surface area contributed by atoms with Crippen molar-refractivity contribution in [3.63, 3.8) is 0 Å². The van der Waals surface area contributed by atoms with Crippen molar-refractivity contribution in [3.8, 4) is 28.7 Å². The average Bonchev–Trinajstić information content (AvgIpc) is 3.06. The van der Waals surface area contributed by atoms with Gasteiger partial charge < -0.3 is 29.2 Å². The first-order valence-corrected chi connectivity index (χ1v) is 15.8. The van der Waals surface area contributed by atoms with Crippen LogP contribution >= 0.6 is 23.2 Å². The molecule has 1 amide bonds. The van der Waals surface area contributed by atoms with E-state index in [-0.39, 0.29) is 51.9 Å². The highest BCUT2D eigenvalue weighted by Gasteiger charge is 2.35. The lowest BCUT2D eigenvalue weighted by atomic mass is 9.97. The van der Waals surface area contributed by atoms with Gasteiger partial charge in [-0.3, -0.25) is 19.1 Å². The second-order valence-corrected chi connectivity index (χ2v) is 12.4. The number of nitriles is 1. The number of halogens is 2. The molecule has 0 radical (unpaired) electrons. The first-order valence-electron chi connectivity index (χ1n) is 15.1. The second-order valence-electron chi connectivity index (χ2n) is 11.6. The Bertz CT molecular complexity index is 1770. The molecule has 2 saturated heterocycles. The number of nitrogens with zero attached hydrogens (tertiary/aromatic N) is 6. The van der Waals surface area contributed by atoms with Crippen LogP contribution < -0.4 is 20.3 Å². The van der Waals surface area contributed by atoms with Crippen LogP contribution in [0, 0.1) is 11.3 Å². The highest BCUT2D eigenvalue weighted by atomic mass is 35.5. The van der Waals surface area contributed by atoms with Crippen LogP contribution in [0.5, 0.6) is 11.5 Å². The number of carbonyl (C=O) groups is 1. The number of rotatable bonds is 11. The number of amides is 1. The van der Waals surface area contributed by atoms with Gasteiger partial charge in [-0.15, -0.1) is 0 Å². The molecule has 0 aliphatic carbocycles. The van der Waals surface area contributed by atoms with E-state index >= 15 is 0 Å². The molecule has 2 aliphatic heterocycles. The minimum atomic E-state index is -0.475. The van der Waals surface area contributed by atoms with E-state index in [4.69, 9.17) is 42.1 Å². The number of hydrogen-bond acceptors (Lipinski definition) is 11. The zero-order chi connectivity index (χ0) is 33.9. The topological polar surface area (TPSA) is 144 Å². The van der Waals surface area contributed by atoms with Crippen molar-refractivity contribution in [2.75, 3.05) is 72.6 Å². The summed E-state index contributed by atoms with van der Waals surface area (Å²) in [5, 5.41) is 13.6. The number of benzene rings is 1. The highest BCUT2D eigenvalue weighted by Crippen LogP contribution is 2.45. The number of ether oxygens (including phenoxy) is 4. The molecule has 5 rings (SSSR count). The lowest BCUT2D eigenvalue weighted by Crippen LogP contribution is -2.55. The number of pyridine rings is 1. The molecule has 250 valence electrons. The predicted molar refractivity (Wildman–Crippen MR) is 178 cm³/mol. The molecule has 1 N–H and O–H groups in total. The van der Waals surface area contributed by atoms with Gasteiger partial charge in [0.25, 0.3) is 11.5 Å². The minimum Gasteiger partial charge on any atom is -0.495 e. The molecule has 2 aromatic heterocycles. The summed E-state index contributed by atoms with van der Waals surface area (Å²) in [4.78, 5) is 39.8. The number of nitrogens with one attached hydrogen (secondary N) is 1. The third-order valence-corrected chi connectivity index (χ3v) is 9.12. The van der Waals surface area contributed by atoms with Crippen LogP contribution in [0.25, 0.3) is 22.2 Å². The quantitative estimate of drug-likeness (QED) is 0.233. The maximum atomic E-state index is 14.1. The molecule has 0 bridgehead atoms. The summed E-state index contributed by atoms with van der Waals surface area (Å²) in [5.74, 6) is 0.594.